The predicted molar refractivity (Wildman–Crippen MR) is 88.3 cm³/mol. The van der Waals surface area contributed by atoms with Crippen LogP contribution >= 0.6 is 24.0 Å². The van der Waals surface area contributed by atoms with Gasteiger partial charge in [0.05, 0.1) is 0 Å². The molecule has 2 aromatic carbocycles. The van der Waals surface area contributed by atoms with Crippen LogP contribution in [0.2, 0.25) is 5.02 Å². The molecule has 0 fully saturated rings. The van der Waals surface area contributed by atoms with E-state index in [0.717, 1.165) is 30.2 Å². The van der Waals surface area contributed by atoms with Crippen molar-refractivity contribution in [1.29, 1.82) is 0 Å². The first-order valence-electron chi connectivity index (χ1n) is 6.53. The SMILES string of the molecule is Cl.Clc1ccccc1/C=C/CN1Cc2ccccc2C1. The molecule has 0 radical (unpaired) electrons. The van der Waals surface area contributed by atoms with Crippen molar-refractivity contribution in [1.82, 2.24) is 4.90 Å². The molecule has 0 amide bonds. The minimum Gasteiger partial charge on any atom is -0.291 e. The number of rotatable bonds is 3. The average Bonchev–Trinajstić information content (AvgIpc) is 2.83. The minimum atomic E-state index is 0. The highest BCUT2D eigenvalue weighted by Gasteiger charge is 2.16. The Kier molecular flexibility index (Phi) is 5.24. The highest BCUT2D eigenvalue weighted by Crippen LogP contribution is 2.22. The summed E-state index contributed by atoms with van der Waals surface area (Å²) in [7, 11) is 0. The molecule has 3 rings (SSSR count). The van der Waals surface area contributed by atoms with Gasteiger partial charge in [0.1, 0.15) is 0 Å². The van der Waals surface area contributed by atoms with Crippen LogP contribution in [-0.2, 0) is 13.1 Å². The van der Waals surface area contributed by atoms with Crippen molar-refractivity contribution < 1.29 is 0 Å². The molecule has 0 N–H and O–H groups in total. The third-order valence-corrected chi connectivity index (χ3v) is 3.82. The zero-order chi connectivity index (χ0) is 13.1. The van der Waals surface area contributed by atoms with Gasteiger partial charge in [0.25, 0.3) is 0 Å². The maximum absolute atomic E-state index is 6.13. The molecule has 1 aliphatic rings. The predicted octanol–water partition coefficient (Wildman–Crippen LogP) is 4.79. The van der Waals surface area contributed by atoms with Gasteiger partial charge in [-0.3, -0.25) is 4.90 Å². The van der Waals surface area contributed by atoms with E-state index in [1.807, 2.05) is 24.3 Å². The van der Waals surface area contributed by atoms with Gasteiger partial charge in [0.2, 0.25) is 0 Å². The van der Waals surface area contributed by atoms with E-state index in [-0.39, 0.29) is 12.4 Å². The van der Waals surface area contributed by atoms with Crippen molar-refractivity contribution in [2.45, 2.75) is 13.1 Å². The fourth-order valence-electron chi connectivity index (χ4n) is 2.47. The Balaban J connectivity index is 0.00000147. The zero-order valence-corrected chi connectivity index (χ0v) is 12.7. The number of nitrogens with zero attached hydrogens (tertiary/aromatic N) is 1. The summed E-state index contributed by atoms with van der Waals surface area (Å²) in [5.74, 6) is 0. The molecule has 1 aliphatic heterocycles. The third-order valence-electron chi connectivity index (χ3n) is 3.47. The normalized spacial score (nSPS) is 14.2. The highest BCUT2D eigenvalue weighted by molar-refractivity contribution is 6.32. The van der Waals surface area contributed by atoms with Crippen LogP contribution < -0.4 is 0 Å². The molecular formula is C17H17Cl2N. The standard InChI is InChI=1S/C17H16ClN.ClH/c18-17-10-4-3-6-14(17)9-5-11-19-12-15-7-1-2-8-16(15)13-19;/h1-10H,11-13H2;1H/b9-5+;. The van der Waals surface area contributed by atoms with Crippen molar-refractivity contribution in [3.8, 4) is 0 Å². The minimum absolute atomic E-state index is 0. The summed E-state index contributed by atoms with van der Waals surface area (Å²) >= 11 is 6.13. The molecule has 0 aromatic heterocycles. The highest BCUT2D eigenvalue weighted by atomic mass is 35.5. The lowest BCUT2D eigenvalue weighted by atomic mass is 10.1. The largest absolute Gasteiger partial charge is 0.291 e. The maximum Gasteiger partial charge on any atom is 0.0478 e. The lowest BCUT2D eigenvalue weighted by Gasteiger charge is -2.11. The molecule has 0 atom stereocenters. The molecule has 0 unspecified atom stereocenters. The summed E-state index contributed by atoms with van der Waals surface area (Å²) in [4.78, 5) is 2.43. The first-order chi connectivity index (χ1) is 9.33. The molecule has 0 saturated carbocycles. The second-order valence-corrected chi connectivity index (χ2v) is 5.27. The van der Waals surface area contributed by atoms with Crippen LogP contribution in [-0.4, -0.2) is 11.4 Å². The summed E-state index contributed by atoms with van der Waals surface area (Å²) in [5, 5.41) is 0.809. The number of benzene rings is 2. The van der Waals surface area contributed by atoms with Crippen LogP contribution in [0.1, 0.15) is 16.7 Å². The van der Waals surface area contributed by atoms with Gasteiger partial charge >= 0.3 is 0 Å². The van der Waals surface area contributed by atoms with Gasteiger partial charge in [0, 0.05) is 24.7 Å². The molecule has 0 spiro atoms. The van der Waals surface area contributed by atoms with Crippen LogP contribution in [0.15, 0.2) is 54.6 Å². The molecule has 104 valence electrons. The van der Waals surface area contributed by atoms with Crippen molar-refractivity contribution in [3.05, 3.63) is 76.3 Å². The van der Waals surface area contributed by atoms with Crippen LogP contribution in [0.3, 0.4) is 0 Å². The number of halogens is 2. The zero-order valence-electron chi connectivity index (χ0n) is 11.1. The maximum atomic E-state index is 6.13. The van der Waals surface area contributed by atoms with Gasteiger partial charge in [-0.2, -0.15) is 0 Å². The summed E-state index contributed by atoms with van der Waals surface area (Å²) in [6.45, 7) is 3.05. The smallest absolute Gasteiger partial charge is 0.0478 e. The summed E-state index contributed by atoms with van der Waals surface area (Å²) in [6.07, 6.45) is 4.29. The fraction of sp³-hybridized carbons (Fsp3) is 0.176. The van der Waals surface area contributed by atoms with Crippen molar-refractivity contribution in [2.75, 3.05) is 6.54 Å². The molecule has 20 heavy (non-hydrogen) atoms. The van der Waals surface area contributed by atoms with Crippen molar-refractivity contribution in [3.63, 3.8) is 0 Å². The van der Waals surface area contributed by atoms with Crippen molar-refractivity contribution in [2.24, 2.45) is 0 Å². The molecular weight excluding hydrogens is 289 g/mol. The quantitative estimate of drug-likeness (QED) is 0.788. The first kappa shape index (κ1) is 15.1. The van der Waals surface area contributed by atoms with Gasteiger partial charge in [0.15, 0.2) is 0 Å². The monoisotopic (exact) mass is 305 g/mol. The van der Waals surface area contributed by atoms with Gasteiger partial charge in [-0.1, -0.05) is 66.2 Å². The van der Waals surface area contributed by atoms with Gasteiger partial charge in [-0.25, -0.2) is 0 Å². The second kappa shape index (κ2) is 6.94. The number of hydrogen-bond donors (Lipinski definition) is 0. The molecule has 1 nitrogen and oxygen atoms in total. The van der Waals surface area contributed by atoms with Crippen molar-refractivity contribution >= 4 is 30.1 Å². The van der Waals surface area contributed by atoms with Crippen LogP contribution in [0.4, 0.5) is 0 Å². The molecule has 1 heterocycles. The van der Waals surface area contributed by atoms with E-state index in [1.54, 1.807) is 0 Å². The Labute approximate surface area is 131 Å². The van der Waals surface area contributed by atoms with Crippen LogP contribution in [0.5, 0.6) is 0 Å². The van der Waals surface area contributed by atoms with E-state index in [9.17, 15) is 0 Å². The number of fused-ring (bicyclic) bond motifs is 1. The summed E-state index contributed by atoms with van der Waals surface area (Å²) < 4.78 is 0. The first-order valence-corrected chi connectivity index (χ1v) is 6.91. The Hall–Kier alpha value is -1.28. The Morgan fingerprint density at radius 2 is 1.55 bits per heavy atom. The summed E-state index contributed by atoms with van der Waals surface area (Å²) in [6, 6.07) is 16.6. The van der Waals surface area contributed by atoms with E-state index in [4.69, 9.17) is 11.6 Å². The van der Waals surface area contributed by atoms with Crippen LogP contribution in [0.25, 0.3) is 6.08 Å². The Morgan fingerprint density at radius 3 is 2.20 bits per heavy atom. The molecule has 0 bridgehead atoms. The third kappa shape index (κ3) is 3.43. The van der Waals surface area contributed by atoms with Gasteiger partial charge < -0.3 is 0 Å². The molecule has 0 aliphatic carbocycles. The molecule has 3 heteroatoms. The van der Waals surface area contributed by atoms with E-state index >= 15 is 0 Å². The molecule has 0 saturated heterocycles. The van der Waals surface area contributed by atoms with E-state index in [1.165, 1.54) is 11.1 Å². The lowest BCUT2D eigenvalue weighted by molar-refractivity contribution is 0.317. The fourth-order valence-corrected chi connectivity index (χ4v) is 2.67. The molecule has 2 aromatic rings. The van der Waals surface area contributed by atoms with E-state index in [2.05, 4.69) is 41.3 Å². The van der Waals surface area contributed by atoms with E-state index in [0.29, 0.717) is 0 Å². The van der Waals surface area contributed by atoms with Gasteiger partial charge in [-0.05, 0) is 22.8 Å². The summed E-state index contributed by atoms with van der Waals surface area (Å²) in [5.41, 5.74) is 3.99. The average molecular weight is 306 g/mol. The van der Waals surface area contributed by atoms with Gasteiger partial charge in [-0.15, -0.1) is 12.4 Å². The lowest BCUT2D eigenvalue weighted by Crippen LogP contribution is -2.15. The topological polar surface area (TPSA) is 3.24 Å². The Morgan fingerprint density at radius 1 is 0.950 bits per heavy atom. The Bertz CT molecular complexity index is 582. The van der Waals surface area contributed by atoms with Crippen LogP contribution in [0, 0.1) is 0 Å². The number of hydrogen-bond acceptors (Lipinski definition) is 1. The second-order valence-electron chi connectivity index (χ2n) is 4.86. The van der Waals surface area contributed by atoms with E-state index < -0.39 is 0 Å².